The molecule has 0 atom stereocenters. The highest BCUT2D eigenvalue weighted by Gasteiger charge is 2.14. The van der Waals surface area contributed by atoms with Crippen LogP contribution in [0.1, 0.15) is 26.3 Å². The van der Waals surface area contributed by atoms with Crippen molar-refractivity contribution >= 4 is 35.3 Å². The molecule has 0 amide bonds. The van der Waals surface area contributed by atoms with Crippen LogP contribution in [-0.4, -0.2) is 18.2 Å². The van der Waals surface area contributed by atoms with Crippen molar-refractivity contribution in [1.82, 2.24) is 0 Å². The molecule has 28 heavy (non-hydrogen) atoms. The molecule has 0 aliphatic carbocycles. The molecule has 6 heteroatoms. The van der Waals surface area contributed by atoms with Gasteiger partial charge in [-0.2, -0.15) is 0 Å². The van der Waals surface area contributed by atoms with Gasteiger partial charge in [-0.3, -0.25) is 0 Å². The predicted octanol–water partition coefficient (Wildman–Crippen LogP) is 5.81. The lowest BCUT2D eigenvalue weighted by Crippen LogP contribution is -2.10. The zero-order valence-corrected chi connectivity index (χ0v) is 16.8. The normalized spacial score (nSPS) is 10.4. The molecule has 3 rings (SSSR count). The van der Waals surface area contributed by atoms with E-state index in [0.29, 0.717) is 11.1 Å². The van der Waals surface area contributed by atoms with E-state index in [1.807, 2.05) is 37.4 Å². The Bertz CT molecular complexity index is 998. The van der Waals surface area contributed by atoms with Crippen LogP contribution in [0.25, 0.3) is 0 Å². The molecule has 0 aliphatic heterocycles. The first kappa shape index (κ1) is 20.0. The van der Waals surface area contributed by atoms with E-state index < -0.39 is 11.9 Å². The smallest absolute Gasteiger partial charge is 0.343 e. The molecular formula is C22H17ClO4S. The summed E-state index contributed by atoms with van der Waals surface area (Å²) in [5.41, 5.74) is 1.90. The summed E-state index contributed by atoms with van der Waals surface area (Å²) in [4.78, 5) is 25.5. The van der Waals surface area contributed by atoms with Gasteiger partial charge in [0.25, 0.3) is 0 Å². The molecule has 0 bridgehead atoms. The molecule has 0 N–H and O–H groups in total. The van der Waals surface area contributed by atoms with Gasteiger partial charge in [-0.15, -0.1) is 11.8 Å². The first-order chi connectivity index (χ1) is 13.5. The van der Waals surface area contributed by atoms with Gasteiger partial charge in [-0.25, -0.2) is 9.59 Å². The van der Waals surface area contributed by atoms with Gasteiger partial charge in [0.1, 0.15) is 11.5 Å². The second kappa shape index (κ2) is 8.95. The lowest BCUT2D eigenvalue weighted by Gasteiger charge is -2.09. The molecule has 0 radical (unpaired) electrons. The molecule has 3 aromatic rings. The lowest BCUT2D eigenvalue weighted by molar-refractivity contribution is 0.0719. The number of esters is 2. The van der Waals surface area contributed by atoms with E-state index in [0.717, 1.165) is 10.5 Å². The number of carbonyl (C=O) groups is 2. The van der Waals surface area contributed by atoms with Crippen molar-refractivity contribution in [1.29, 1.82) is 0 Å². The van der Waals surface area contributed by atoms with Crippen LogP contribution >= 0.6 is 23.4 Å². The maximum Gasteiger partial charge on any atom is 0.343 e. The van der Waals surface area contributed by atoms with Gasteiger partial charge in [0, 0.05) is 11.0 Å². The van der Waals surface area contributed by atoms with E-state index in [1.54, 1.807) is 36.0 Å². The standard InChI is InChI=1S/C22H17ClO4S/c1-14-3-5-15(6-4-14)22(25)27-20-12-9-17(13-19(20)23)26-21(24)16-7-10-18(28-2)11-8-16/h3-13H,1-2H3. The molecule has 0 aromatic heterocycles. The highest BCUT2D eigenvalue weighted by atomic mass is 35.5. The Morgan fingerprint density at radius 1 is 0.821 bits per heavy atom. The molecule has 3 aromatic carbocycles. The number of hydrogen-bond donors (Lipinski definition) is 0. The van der Waals surface area contributed by atoms with Crippen LogP contribution in [0, 0.1) is 6.92 Å². The fraction of sp³-hybridized carbons (Fsp3) is 0.0909. The number of benzene rings is 3. The summed E-state index contributed by atoms with van der Waals surface area (Å²) in [5, 5.41) is 0.170. The minimum atomic E-state index is -0.513. The fourth-order valence-electron chi connectivity index (χ4n) is 2.37. The summed E-state index contributed by atoms with van der Waals surface area (Å²) in [6, 6.07) is 18.6. The average molecular weight is 413 g/mol. The Morgan fingerprint density at radius 3 is 1.96 bits per heavy atom. The van der Waals surface area contributed by atoms with Crippen LogP contribution < -0.4 is 9.47 Å². The quantitative estimate of drug-likeness (QED) is 0.301. The van der Waals surface area contributed by atoms with E-state index in [1.165, 1.54) is 18.2 Å². The topological polar surface area (TPSA) is 52.6 Å². The first-order valence-electron chi connectivity index (χ1n) is 8.41. The minimum absolute atomic E-state index is 0.170. The molecule has 0 heterocycles. The molecule has 0 spiro atoms. The van der Waals surface area contributed by atoms with Crippen molar-refractivity contribution in [2.75, 3.05) is 6.26 Å². The van der Waals surface area contributed by atoms with Crippen LogP contribution in [0.2, 0.25) is 5.02 Å². The number of aryl methyl sites for hydroxylation is 1. The number of hydrogen-bond acceptors (Lipinski definition) is 5. The monoisotopic (exact) mass is 412 g/mol. The molecular weight excluding hydrogens is 396 g/mol. The number of halogens is 1. The Morgan fingerprint density at radius 2 is 1.39 bits per heavy atom. The molecule has 0 saturated carbocycles. The first-order valence-corrected chi connectivity index (χ1v) is 10.0. The van der Waals surface area contributed by atoms with Gasteiger partial charge < -0.3 is 9.47 Å². The van der Waals surface area contributed by atoms with E-state index >= 15 is 0 Å². The Balaban J connectivity index is 1.68. The summed E-state index contributed by atoms with van der Waals surface area (Å²) in [5.74, 6) is -0.552. The van der Waals surface area contributed by atoms with E-state index in [-0.39, 0.29) is 16.5 Å². The Hall–Kier alpha value is -2.76. The summed E-state index contributed by atoms with van der Waals surface area (Å²) >= 11 is 7.77. The molecule has 4 nitrogen and oxygen atoms in total. The molecule has 0 saturated heterocycles. The molecule has 0 aliphatic rings. The van der Waals surface area contributed by atoms with Gasteiger partial charge in [0.05, 0.1) is 16.1 Å². The third kappa shape index (κ3) is 4.94. The van der Waals surface area contributed by atoms with Crippen LogP contribution in [0.4, 0.5) is 0 Å². The second-order valence-electron chi connectivity index (χ2n) is 5.97. The van der Waals surface area contributed by atoms with Gasteiger partial charge in [0.15, 0.2) is 0 Å². The molecule has 0 fully saturated rings. The molecule has 142 valence electrons. The average Bonchev–Trinajstić information content (AvgIpc) is 2.70. The summed E-state index contributed by atoms with van der Waals surface area (Å²) < 4.78 is 10.7. The van der Waals surface area contributed by atoms with E-state index in [4.69, 9.17) is 21.1 Å². The van der Waals surface area contributed by atoms with Crippen LogP contribution in [-0.2, 0) is 0 Å². The van der Waals surface area contributed by atoms with Crippen molar-refractivity contribution < 1.29 is 19.1 Å². The third-order valence-electron chi connectivity index (χ3n) is 3.93. The SMILES string of the molecule is CSc1ccc(C(=O)Oc2ccc(OC(=O)c3ccc(C)cc3)c(Cl)c2)cc1. The maximum absolute atomic E-state index is 12.2. The van der Waals surface area contributed by atoms with Crippen molar-refractivity contribution in [2.45, 2.75) is 11.8 Å². The van der Waals surface area contributed by atoms with Crippen molar-refractivity contribution in [3.05, 3.63) is 88.4 Å². The Labute approximate surface area is 172 Å². The van der Waals surface area contributed by atoms with Gasteiger partial charge in [0.2, 0.25) is 0 Å². The maximum atomic E-state index is 12.2. The van der Waals surface area contributed by atoms with Crippen molar-refractivity contribution in [3.8, 4) is 11.5 Å². The van der Waals surface area contributed by atoms with Crippen LogP contribution in [0.15, 0.2) is 71.6 Å². The highest BCUT2D eigenvalue weighted by molar-refractivity contribution is 7.98. The van der Waals surface area contributed by atoms with E-state index in [2.05, 4.69) is 0 Å². The third-order valence-corrected chi connectivity index (χ3v) is 4.97. The number of carbonyl (C=O) groups excluding carboxylic acids is 2. The minimum Gasteiger partial charge on any atom is -0.423 e. The van der Waals surface area contributed by atoms with Crippen molar-refractivity contribution in [2.24, 2.45) is 0 Å². The largest absolute Gasteiger partial charge is 0.423 e. The van der Waals surface area contributed by atoms with Gasteiger partial charge >= 0.3 is 11.9 Å². The number of rotatable bonds is 5. The van der Waals surface area contributed by atoms with Crippen molar-refractivity contribution in [3.63, 3.8) is 0 Å². The van der Waals surface area contributed by atoms with Crippen LogP contribution in [0.5, 0.6) is 11.5 Å². The Kier molecular flexibility index (Phi) is 6.39. The summed E-state index contributed by atoms with van der Waals surface area (Å²) in [6.07, 6.45) is 1.96. The van der Waals surface area contributed by atoms with Crippen LogP contribution in [0.3, 0.4) is 0 Å². The zero-order valence-electron chi connectivity index (χ0n) is 15.3. The van der Waals surface area contributed by atoms with Gasteiger partial charge in [-0.1, -0.05) is 29.3 Å². The zero-order chi connectivity index (χ0) is 20.1. The van der Waals surface area contributed by atoms with Gasteiger partial charge in [-0.05, 0) is 61.7 Å². The predicted molar refractivity (Wildman–Crippen MR) is 111 cm³/mol. The van der Waals surface area contributed by atoms with E-state index in [9.17, 15) is 9.59 Å². The second-order valence-corrected chi connectivity index (χ2v) is 7.25. The molecule has 0 unspecified atom stereocenters. The highest BCUT2D eigenvalue weighted by Crippen LogP contribution is 2.30. The number of ether oxygens (including phenoxy) is 2. The number of thioether (sulfide) groups is 1. The summed E-state index contributed by atoms with van der Waals surface area (Å²) in [7, 11) is 0. The summed E-state index contributed by atoms with van der Waals surface area (Å²) in [6.45, 7) is 1.93. The lowest BCUT2D eigenvalue weighted by atomic mass is 10.1. The fourth-order valence-corrected chi connectivity index (χ4v) is 2.99.